The predicted octanol–water partition coefficient (Wildman–Crippen LogP) is -5.40. The van der Waals surface area contributed by atoms with Crippen molar-refractivity contribution in [2.45, 2.75) is 61.4 Å². The van der Waals surface area contributed by atoms with E-state index in [2.05, 4.69) is 0 Å². The first-order chi connectivity index (χ1) is 10.8. The number of aliphatic hydroxyl groups is 8. The van der Waals surface area contributed by atoms with E-state index in [4.69, 9.17) is 24.4 Å². The SMILES string of the molecule is OC[C@H]1O[C@H](O[C@H]2[C@H](O)[C@@H](CO)OC(O)[C@H]2O)[C@H](O)[C@@H](O)[C@@H]1O. The molecule has 10 atom stereocenters. The zero-order valence-corrected chi connectivity index (χ0v) is 12.0. The van der Waals surface area contributed by atoms with Crippen molar-refractivity contribution >= 4 is 0 Å². The molecule has 2 heterocycles. The Hall–Kier alpha value is -0.440. The molecule has 2 fully saturated rings. The number of ether oxygens (including phenoxy) is 3. The van der Waals surface area contributed by atoms with Crippen LogP contribution in [-0.4, -0.2) is 115 Å². The van der Waals surface area contributed by atoms with E-state index in [0.717, 1.165) is 0 Å². The summed E-state index contributed by atoms with van der Waals surface area (Å²) in [6.45, 7) is -1.34. The van der Waals surface area contributed by atoms with Crippen LogP contribution < -0.4 is 0 Å². The predicted molar refractivity (Wildman–Crippen MR) is 68.6 cm³/mol. The smallest absolute Gasteiger partial charge is 0.187 e. The molecule has 23 heavy (non-hydrogen) atoms. The van der Waals surface area contributed by atoms with E-state index in [0.29, 0.717) is 0 Å². The van der Waals surface area contributed by atoms with Crippen LogP contribution in [0.5, 0.6) is 0 Å². The van der Waals surface area contributed by atoms with Gasteiger partial charge in [-0.25, -0.2) is 0 Å². The minimum absolute atomic E-state index is 0.667. The summed E-state index contributed by atoms with van der Waals surface area (Å²) in [5, 5.41) is 76.8. The van der Waals surface area contributed by atoms with Crippen molar-refractivity contribution in [3.63, 3.8) is 0 Å². The third-order valence-corrected chi connectivity index (χ3v) is 3.98. The number of aliphatic hydroxyl groups excluding tert-OH is 8. The van der Waals surface area contributed by atoms with Gasteiger partial charge in [0.15, 0.2) is 12.6 Å². The highest BCUT2D eigenvalue weighted by Crippen LogP contribution is 2.28. The van der Waals surface area contributed by atoms with Crippen LogP contribution in [0.1, 0.15) is 0 Å². The van der Waals surface area contributed by atoms with Crippen LogP contribution >= 0.6 is 0 Å². The van der Waals surface area contributed by atoms with Gasteiger partial charge in [0, 0.05) is 0 Å². The Kier molecular flexibility index (Phi) is 6.27. The zero-order valence-electron chi connectivity index (χ0n) is 12.0. The summed E-state index contributed by atoms with van der Waals surface area (Å²) in [5.74, 6) is 0. The maximum atomic E-state index is 10.00. The monoisotopic (exact) mass is 342 g/mol. The summed E-state index contributed by atoms with van der Waals surface area (Å²) in [6, 6.07) is 0. The fraction of sp³-hybridized carbons (Fsp3) is 1.00. The molecule has 2 rings (SSSR count). The van der Waals surface area contributed by atoms with Crippen LogP contribution in [0.2, 0.25) is 0 Å². The number of hydrogen-bond acceptors (Lipinski definition) is 11. The fourth-order valence-corrected chi connectivity index (χ4v) is 2.56. The Labute approximate surface area is 130 Å². The molecule has 0 aromatic carbocycles. The van der Waals surface area contributed by atoms with Crippen molar-refractivity contribution in [1.29, 1.82) is 0 Å². The summed E-state index contributed by atoms with van der Waals surface area (Å²) in [7, 11) is 0. The first kappa shape index (κ1) is 18.9. The van der Waals surface area contributed by atoms with Crippen LogP contribution in [0.15, 0.2) is 0 Å². The van der Waals surface area contributed by atoms with Gasteiger partial charge in [-0.3, -0.25) is 0 Å². The molecule has 0 aliphatic carbocycles. The molecular formula is C12H22O11. The van der Waals surface area contributed by atoms with Crippen molar-refractivity contribution in [3.05, 3.63) is 0 Å². The number of rotatable bonds is 4. The molecule has 0 aromatic rings. The molecule has 0 saturated carbocycles. The second-order valence-electron chi connectivity index (χ2n) is 5.53. The largest absolute Gasteiger partial charge is 0.394 e. The Balaban J connectivity index is 2.11. The first-order valence-corrected chi connectivity index (χ1v) is 7.08. The average molecular weight is 342 g/mol. The highest BCUT2D eigenvalue weighted by Gasteiger charge is 2.50. The normalized spacial score (nSPS) is 51.7. The molecule has 11 nitrogen and oxygen atoms in total. The fourth-order valence-electron chi connectivity index (χ4n) is 2.56. The standard InChI is InChI=1S/C12H22O11/c13-1-3-5(15)7(17)8(18)12(22-3)23-10-6(16)4(2-14)21-11(20)9(10)19/h3-20H,1-2H2/t3-,4-,5-,6-,7+,8-,9+,10+,11?,12-/m1/s1. The molecule has 0 aromatic heterocycles. The average Bonchev–Trinajstić information content (AvgIpc) is 2.54. The molecule has 11 heteroatoms. The van der Waals surface area contributed by atoms with E-state index >= 15 is 0 Å². The van der Waals surface area contributed by atoms with Gasteiger partial charge in [0.1, 0.15) is 48.8 Å². The van der Waals surface area contributed by atoms with Gasteiger partial charge < -0.3 is 55.1 Å². The molecule has 2 saturated heterocycles. The van der Waals surface area contributed by atoms with Gasteiger partial charge >= 0.3 is 0 Å². The van der Waals surface area contributed by atoms with E-state index in [1.54, 1.807) is 0 Å². The molecule has 8 N–H and O–H groups in total. The zero-order chi connectivity index (χ0) is 17.3. The summed E-state index contributed by atoms with van der Waals surface area (Å²) in [5.41, 5.74) is 0. The summed E-state index contributed by atoms with van der Waals surface area (Å²) in [6.07, 6.45) is -15.7. The lowest BCUT2D eigenvalue weighted by atomic mass is 9.97. The molecular weight excluding hydrogens is 320 g/mol. The molecule has 0 radical (unpaired) electrons. The van der Waals surface area contributed by atoms with Gasteiger partial charge in [-0.1, -0.05) is 0 Å². The van der Waals surface area contributed by atoms with E-state index in [1.807, 2.05) is 0 Å². The third kappa shape index (κ3) is 3.65. The van der Waals surface area contributed by atoms with Crippen molar-refractivity contribution in [2.24, 2.45) is 0 Å². The Morgan fingerprint density at radius 2 is 1.22 bits per heavy atom. The summed E-state index contributed by atoms with van der Waals surface area (Å²) < 4.78 is 15.1. The van der Waals surface area contributed by atoms with Crippen molar-refractivity contribution in [3.8, 4) is 0 Å². The number of hydrogen-bond donors (Lipinski definition) is 8. The quantitative estimate of drug-likeness (QED) is 0.243. The van der Waals surface area contributed by atoms with Crippen LogP contribution in [0, 0.1) is 0 Å². The molecule has 0 spiro atoms. The van der Waals surface area contributed by atoms with E-state index in [1.165, 1.54) is 0 Å². The van der Waals surface area contributed by atoms with Crippen LogP contribution in [0.25, 0.3) is 0 Å². The molecule has 0 bridgehead atoms. The maximum absolute atomic E-state index is 10.00. The van der Waals surface area contributed by atoms with E-state index in [9.17, 15) is 30.6 Å². The van der Waals surface area contributed by atoms with Gasteiger partial charge in [-0.15, -0.1) is 0 Å². The van der Waals surface area contributed by atoms with Crippen LogP contribution in [0.3, 0.4) is 0 Å². The van der Waals surface area contributed by atoms with Crippen LogP contribution in [0.4, 0.5) is 0 Å². The molecule has 1 unspecified atom stereocenters. The lowest BCUT2D eigenvalue weighted by molar-refractivity contribution is -0.355. The second kappa shape index (κ2) is 7.63. The first-order valence-electron chi connectivity index (χ1n) is 7.08. The lowest BCUT2D eigenvalue weighted by Crippen LogP contribution is -2.64. The van der Waals surface area contributed by atoms with Gasteiger partial charge in [0.25, 0.3) is 0 Å². The minimum Gasteiger partial charge on any atom is -0.394 e. The molecule has 2 aliphatic heterocycles. The van der Waals surface area contributed by atoms with Crippen molar-refractivity contribution in [1.82, 2.24) is 0 Å². The summed E-state index contributed by atoms with van der Waals surface area (Å²) >= 11 is 0. The van der Waals surface area contributed by atoms with Gasteiger partial charge in [-0.2, -0.15) is 0 Å². The van der Waals surface area contributed by atoms with Crippen molar-refractivity contribution < 1.29 is 55.1 Å². The Bertz CT molecular complexity index is 380. The van der Waals surface area contributed by atoms with Gasteiger partial charge in [-0.05, 0) is 0 Å². The lowest BCUT2D eigenvalue weighted by Gasteiger charge is -2.45. The molecule has 136 valence electrons. The molecule has 0 amide bonds. The van der Waals surface area contributed by atoms with Gasteiger partial charge in [0.05, 0.1) is 13.2 Å². The highest BCUT2D eigenvalue weighted by molar-refractivity contribution is 4.93. The Morgan fingerprint density at radius 3 is 1.78 bits per heavy atom. The van der Waals surface area contributed by atoms with Gasteiger partial charge in [0.2, 0.25) is 0 Å². The van der Waals surface area contributed by atoms with E-state index in [-0.39, 0.29) is 0 Å². The maximum Gasteiger partial charge on any atom is 0.187 e. The summed E-state index contributed by atoms with van der Waals surface area (Å²) in [4.78, 5) is 0. The topological polar surface area (TPSA) is 190 Å². The van der Waals surface area contributed by atoms with Crippen LogP contribution in [-0.2, 0) is 14.2 Å². The molecule has 2 aliphatic rings. The van der Waals surface area contributed by atoms with E-state index < -0.39 is 74.6 Å². The highest BCUT2D eigenvalue weighted by atomic mass is 16.7. The minimum atomic E-state index is -1.76. The van der Waals surface area contributed by atoms with Crippen molar-refractivity contribution in [2.75, 3.05) is 13.2 Å². The Morgan fingerprint density at radius 1 is 0.652 bits per heavy atom. The second-order valence-corrected chi connectivity index (χ2v) is 5.53. The third-order valence-electron chi connectivity index (χ3n) is 3.98.